The number of hydrogen-bond donors (Lipinski definition) is 1. The van der Waals surface area contributed by atoms with Crippen molar-refractivity contribution in [2.75, 3.05) is 22.9 Å². The van der Waals surface area contributed by atoms with Crippen LogP contribution < -0.4 is 15.4 Å². The van der Waals surface area contributed by atoms with Crippen molar-refractivity contribution in [2.45, 2.75) is 39.3 Å². The van der Waals surface area contributed by atoms with Gasteiger partial charge in [0.15, 0.2) is 5.60 Å². The van der Waals surface area contributed by atoms with E-state index in [0.29, 0.717) is 33.1 Å². The second-order valence-electron chi connectivity index (χ2n) is 9.13. The van der Waals surface area contributed by atoms with Crippen LogP contribution in [-0.4, -0.2) is 34.9 Å². The summed E-state index contributed by atoms with van der Waals surface area (Å²) >= 11 is 1.28. The van der Waals surface area contributed by atoms with Crippen molar-refractivity contribution in [3.63, 3.8) is 0 Å². The third-order valence-corrected chi connectivity index (χ3v) is 7.62. The highest BCUT2D eigenvalue weighted by Crippen LogP contribution is 2.43. The molecule has 4 aromatic rings. The van der Waals surface area contributed by atoms with Gasteiger partial charge in [-0.05, 0) is 45.0 Å². The molecule has 0 radical (unpaired) electrons. The van der Waals surface area contributed by atoms with E-state index in [1.54, 1.807) is 35.7 Å². The fraction of sp³-hybridized carbons (Fsp3) is 0.286. The first-order chi connectivity index (χ1) is 17.7. The summed E-state index contributed by atoms with van der Waals surface area (Å²) in [6.45, 7) is 7.29. The lowest BCUT2D eigenvalue weighted by atomic mass is 9.90. The van der Waals surface area contributed by atoms with Crippen LogP contribution in [0.15, 0.2) is 63.1 Å². The molecule has 37 heavy (non-hydrogen) atoms. The molecule has 0 saturated carbocycles. The summed E-state index contributed by atoms with van der Waals surface area (Å²) < 4.78 is 5.65. The number of aromatic nitrogens is 1. The highest BCUT2D eigenvalue weighted by Gasteiger charge is 2.50. The molecule has 8 nitrogen and oxygen atoms in total. The van der Waals surface area contributed by atoms with E-state index in [-0.39, 0.29) is 18.7 Å². The van der Waals surface area contributed by atoms with E-state index in [1.165, 1.54) is 23.2 Å². The highest BCUT2D eigenvalue weighted by atomic mass is 32.1. The number of carbonyl (C=O) groups excluding carboxylic acids is 2. The quantitative estimate of drug-likeness (QED) is 0.344. The highest BCUT2D eigenvalue weighted by molar-refractivity contribution is 7.13. The number of rotatable bonds is 8. The predicted molar refractivity (Wildman–Crippen MR) is 144 cm³/mol. The summed E-state index contributed by atoms with van der Waals surface area (Å²) in [6, 6.07) is 14.5. The van der Waals surface area contributed by atoms with Crippen molar-refractivity contribution in [1.82, 2.24) is 4.98 Å². The summed E-state index contributed by atoms with van der Waals surface area (Å²) in [5.74, 6) is -0.844. The summed E-state index contributed by atoms with van der Waals surface area (Å²) in [5, 5.41) is 14.2. The summed E-state index contributed by atoms with van der Waals surface area (Å²) in [6.07, 6.45) is -0.296. The molecule has 5 rings (SSSR count). The van der Waals surface area contributed by atoms with Crippen molar-refractivity contribution in [3.05, 3.63) is 75.6 Å². The zero-order valence-corrected chi connectivity index (χ0v) is 21.7. The topological polar surface area (TPSA) is 104 Å². The van der Waals surface area contributed by atoms with Crippen LogP contribution in [0.4, 0.5) is 11.4 Å². The van der Waals surface area contributed by atoms with E-state index in [9.17, 15) is 19.5 Å². The number of fused-ring (bicyclic) bond motifs is 2. The molecule has 0 bridgehead atoms. The average Bonchev–Trinajstić information content (AvgIpc) is 3.42. The maximum absolute atomic E-state index is 13.3. The lowest BCUT2D eigenvalue weighted by Crippen LogP contribution is -2.41. The minimum absolute atomic E-state index is 0.0959. The van der Waals surface area contributed by atoms with E-state index >= 15 is 0 Å². The van der Waals surface area contributed by atoms with Gasteiger partial charge in [0.25, 0.3) is 5.91 Å². The molecule has 1 aliphatic rings. The van der Waals surface area contributed by atoms with Gasteiger partial charge in [-0.2, -0.15) is 0 Å². The van der Waals surface area contributed by atoms with Crippen molar-refractivity contribution >= 4 is 45.4 Å². The smallest absolute Gasteiger partial charge is 0.346 e. The van der Waals surface area contributed by atoms with Crippen LogP contribution in [0.2, 0.25) is 0 Å². The third-order valence-electron chi connectivity index (χ3n) is 6.69. The van der Waals surface area contributed by atoms with E-state index in [1.807, 2.05) is 18.2 Å². The van der Waals surface area contributed by atoms with E-state index in [2.05, 4.69) is 23.7 Å². The molecule has 1 amide bonds. The largest absolute Gasteiger partial charge is 0.422 e. The average molecular weight is 518 g/mol. The number of carbonyl (C=O) groups is 2. The Labute approximate surface area is 217 Å². The zero-order valence-electron chi connectivity index (χ0n) is 20.9. The van der Waals surface area contributed by atoms with E-state index < -0.39 is 17.1 Å². The Kier molecular flexibility index (Phi) is 6.43. The number of para-hydroxylation sites is 1. The van der Waals surface area contributed by atoms with Gasteiger partial charge < -0.3 is 19.3 Å². The van der Waals surface area contributed by atoms with Gasteiger partial charge in [0, 0.05) is 47.6 Å². The maximum Gasteiger partial charge on any atom is 0.346 e. The van der Waals surface area contributed by atoms with Crippen molar-refractivity contribution in [3.8, 4) is 10.6 Å². The van der Waals surface area contributed by atoms with Crippen LogP contribution in [0.5, 0.6) is 0 Å². The lowest BCUT2D eigenvalue weighted by molar-refractivity contribution is -0.141. The maximum atomic E-state index is 13.3. The van der Waals surface area contributed by atoms with Crippen molar-refractivity contribution in [1.29, 1.82) is 0 Å². The van der Waals surface area contributed by atoms with Gasteiger partial charge in [0.05, 0.1) is 23.5 Å². The first-order valence-corrected chi connectivity index (χ1v) is 13.0. The number of nitrogens with zero attached hydrogens (tertiary/aromatic N) is 3. The van der Waals surface area contributed by atoms with Gasteiger partial charge in [-0.1, -0.05) is 18.2 Å². The minimum Gasteiger partial charge on any atom is -0.422 e. The van der Waals surface area contributed by atoms with Crippen LogP contribution in [0.1, 0.15) is 38.4 Å². The van der Waals surface area contributed by atoms with E-state index in [0.717, 1.165) is 24.2 Å². The third kappa shape index (κ3) is 4.34. The number of benzene rings is 2. The Morgan fingerprint density at radius 2 is 1.89 bits per heavy atom. The Morgan fingerprint density at radius 1 is 1.14 bits per heavy atom. The monoisotopic (exact) mass is 517 g/mol. The SMILES string of the molecule is CCN(CC)c1ccc2cc(-c3nc(CN4C(=O)C(O)(CC(C)=O)c5ccccc54)cs3)c(=O)oc2c1. The Balaban J connectivity index is 1.45. The number of anilines is 2. The molecule has 190 valence electrons. The molecule has 1 atom stereocenters. The summed E-state index contributed by atoms with van der Waals surface area (Å²) in [7, 11) is 0. The molecular formula is C28H27N3O5S. The van der Waals surface area contributed by atoms with E-state index in [4.69, 9.17) is 4.42 Å². The van der Waals surface area contributed by atoms with Crippen molar-refractivity contribution < 1.29 is 19.1 Å². The van der Waals surface area contributed by atoms with Crippen LogP contribution in [0.25, 0.3) is 21.5 Å². The Bertz CT molecular complexity index is 1570. The molecule has 0 spiro atoms. The number of thiazole rings is 1. The van der Waals surface area contributed by atoms with Gasteiger partial charge in [0.1, 0.15) is 16.4 Å². The van der Waals surface area contributed by atoms with Gasteiger partial charge in [-0.25, -0.2) is 9.78 Å². The first-order valence-electron chi connectivity index (χ1n) is 12.2. The Morgan fingerprint density at radius 3 is 2.62 bits per heavy atom. The van der Waals surface area contributed by atoms with Crippen molar-refractivity contribution in [2.24, 2.45) is 0 Å². The summed E-state index contributed by atoms with van der Waals surface area (Å²) in [4.78, 5) is 46.2. The second kappa shape index (κ2) is 9.57. The fourth-order valence-electron chi connectivity index (χ4n) is 4.89. The minimum atomic E-state index is -1.90. The second-order valence-corrected chi connectivity index (χ2v) is 9.99. The van der Waals surface area contributed by atoms with Gasteiger partial charge in [0.2, 0.25) is 0 Å². The van der Waals surface area contributed by atoms with Crippen LogP contribution in [-0.2, 0) is 21.7 Å². The van der Waals surface area contributed by atoms with Gasteiger partial charge >= 0.3 is 5.63 Å². The predicted octanol–water partition coefficient (Wildman–Crippen LogP) is 4.48. The molecule has 2 aromatic carbocycles. The normalized spacial score (nSPS) is 16.9. The molecule has 2 aromatic heterocycles. The van der Waals surface area contributed by atoms with Crippen LogP contribution in [0.3, 0.4) is 0 Å². The van der Waals surface area contributed by atoms with Gasteiger partial charge in [-0.3, -0.25) is 9.59 Å². The Hall–Kier alpha value is -3.82. The number of Topliss-reactive ketones (excluding diaryl/α,β-unsaturated/α-hetero) is 1. The number of ketones is 1. The summed E-state index contributed by atoms with van der Waals surface area (Å²) in [5.41, 5.74) is 0.981. The molecule has 3 heterocycles. The number of aliphatic hydroxyl groups is 1. The van der Waals surface area contributed by atoms with Crippen LogP contribution in [0, 0.1) is 0 Å². The molecule has 0 saturated heterocycles. The molecule has 0 fully saturated rings. The molecule has 0 aliphatic carbocycles. The molecule has 1 N–H and O–H groups in total. The molecular weight excluding hydrogens is 490 g/mol. The fourth-order valence-corrected chi connectivity index (χ4v) is 5.71. The van der Waals surface area contributed by atoms with Gasteiger partial charge in [-0.15, -0.1) is 11.3 Å². The standard InChI is InChI=1S/C28H27N3O5S/c1-4-30(5-2)20-11-10-18-12-21(26(33)36-24(18)13-20)25-29-19(16-37-25)15-31-23-9-7-6-8-22(23)28(35,27(31)34)14-17(3)32/h6-13,16,35H,4-5,14-15H2,1-3H3. The zero-order chi connectivity index (χ0) is 26.3. The molecule has 9 heteroatoms. The van der Waals surface area contributed by atoms with Crippen LogP contribution >= 0.6 is 11.3 Å². The first kappa shape index (κ1) is 24.9. The lowest BCUT2D eigenvalue weighted by Gasteiger charge is -2.21. The number of amides is 1. The molecule has 1 aliphatic heterocycles. The molecule has 1 unspecified atom stereocenters. The number of hydrogen-bond acceptors (Lipinski definition) is 8.